The average Bonchev–Trinajstić information content (AvgIpc) is 3.31. The fourth-order valence-electron chi connectivity index (χ4n) is 3.57. The van der Waals surface area contributed by atoms with Crippen LogP contribution in [0, 0.1) is 6.92 Å². The van der Waals surface area contributed by atoms with E-state index >= 15 is 0 Å². The van der Waals surface area contributed by atoms with Crippen LogP contribution in [0.15, 0.2) is 34.9 Å². The molecule has 1 saturated heterocycles. The second kappa shape index (κ2) is 8.16. The van der Waals surface area contributed by atoms with Crippen molar-refractivity contribution in [2.45, 2.75) is 32.4 Å². The molecule has 1 aliphatic heterocycles. The number of halogens is 1. The van der Waals surface area contributed by atoms with Crippen LogP contribution in [0.5, 0.6) is 0 Å². The molecule has 0 radical (unpaired) electrons. The molecular formula is C20H22ClN5O3. The first-order chi connectivity index (χ1) is 14.0. The predicted octanol–water partition coefficient (Wildman–Crippen LogP) is 3.22. The van der Waals surface area contributed by atoms with E-state index in [9.17, 15) is 9.59 Å². The van der Waals surface area contributed by atoms with Crippen molar-refractivity contribution >= 4 is 34.4 Å². The van der Waals surface area contributed by atoms with E-state index < -0.39 is 0 Å². The van der Waals surface area contributed by atoms with E-state index in [0.29, 0.717) is 36.2 Å². The topological polar surface area (TPSA) is 103 Å². The molecule has 0 saturated carbocycles. The lowest BCUT2D eigenvalue weighted by atomic mass is 10.1. The molecule has 1 fully saturated rings. The quantitative estimate of drug-likeness (QED) is 0.608. The highest BCUT2D eigenvalue weighted by Crippen LogP contribution is 2.20. The van der Waals surface area contributed by atoms with Crippen molar-refractivity contribution < 1.29 is 14.0 Å². The fourth-order valence-corrected chi connectivity index (χ4v) is 3.75. The van der Waals surface area contributed by atoms with Crippen LogP contribution in [-0.4, -0.2) is 45.9 Å². The molecule has 3 N–H and O–H groups in total. The molecule has 0 spiro atoms. The van der Waals surface area contributed by atoms with Crippen LogP contribution >= 0.6 is 11.6 Å². The Labute approximate surface area is 172 Å². The van der Waals surface area contributed by atoms with Gasteiger partial charge in [0.25, 0.3) is 5.91 Å². The summed E-state index contributed by atoms with van der Waals surface area (Å²) < 4.78 is 5.12. The van der Waals surface area contributed by atoms with Crippen LogP contribution in [0.4, 0.5) is 4.79 Å². The first-order valence-corrected chi connectivity index (χ1v) is 9.88. The third-order valence-corrected chi connectivity index (χ3v) is 5.20. The summed E-state index contributed by atoms with van der Waals surface area (Å²) in [5.74, 6) is 0.282. The molecule has 2 aromatic heterocycles. The number of rotatable bonds is 4. The highest BCUT2D eigenvalue weighted by Gasteiger charge is 2.27. The summed E-state index contributed by atoms with van der Waals surface area (Å²) in [4.78, 5) is 33.9. The molecule has 0 unspecified atom stereocenters. The van der Waals surface area contributed by atoms with Crippen molar-refractivity contribution in [3.63, 3.8) is 0 Å². The number of carbonyl (C=O) groups excluding carboxylic acids is 2. The van der Waals surface area contributed by atoms with Gasteiger partial charge in [-0.1, -0.05) is 11.6 Å². The standard InChI is InChI=1S/C20H22ClN5O3/c1-12-23-18(11-29-12)19(27)26-6-2-3-15(10-26)25-20(28)22-9-16-8-13-7-14(21)4-5-17(13)24-16/h4-5,7-8,11,15,24H,2-3,6,9-10H2,1H3,(H2,22,25,28)/t15-/m1/s1. The van der Waals surface area contributed by atoms with Crippen LogP contribution in [0.3, 0.4) is 0 Å². The fraction of sp³-hybridized carbons (Fsp3) is 0.350. The van der Waals surface area contributed by atoms with E-state index in [1.807, 2.05) is 24.3 Å². The molecule has 1 atom stereocenters. The largest absolute Gasteiger partial charge is 0.448 e. The van der Waals surface area contributed by atoms with E-state index in [-0.39, 0.29) is 18.0 Å². The summed E-state index contributed by atoms with van der Waals surface area (Å²) in [6.07, 6.45) is 3.01. The van der Waals surface area contributed by atoms with Gasteiger partial charge in [0.1, 0.15) is 6.26 Å². The maximum atomic E-state index is 12.5. The molecule has 3 aromatic rings. The van der Waals surface area contributed by atoms with Gasteiger partial charge in [-0.25, -0.2) is 9.78 Å². The Kier molecular flexibility index (Phi) is 5.44. The monoisotopic (exact) mass is 415 g/mol. The molecule has 3 amide bonds. The summed E-state index contributed by atoms with van der Waals surface area (Å²) in [5.41, 5.74) is 2.15. The zero-order valence-electron chi connectivity index (χ0n) is 16.0. The van der Waals surface area contributed by atoms with Gasteiger partial charge < -0.3 is 24.9 Å². The van der Waals surface area contributed by atoms with Crippen LogP contribution in [-0.2, 0) is 6.54 Å². The molecule has 8 nitrogen and oxygen atoms in total. The van der Waals surface area contributed by atoms with Gasteiger partial charge in [-0.3, -0.25) is 4.79 Å². The van der Waals surface area contributed by atoms with Crippen LogP contribution < -0.4 is 10.6 Å². The van der Waals surface area contributed by atoms with Crippen molar-refractivity contribution in [2.24, 2.45) is 0 Å². The molecular weight excluding hydrogens is 394 g/mol. The van der Waals surface area contributed by atoms with Crippen molar-refractivity contribution in [2.75, 3.05) is 13.1 Å². The van der Waals surface area contributed by atoms with E-state index in [4.69, 9.17) is 16.0 Å². The first-order valence-electron chi connectivity index (χ1n) is 9.51. The minimum Gasteiger partial charge on any atom is -0.448 e. The maximum absolute atomic E-state index is 12.5. The van der Waals surface area contributed by atoms with Gasteiger partial charge in [-0.05, 0) is 37.1 Å². The van der Waals surface area contributed by atoms with Gasteiger partial charge in [0.05, 0.1) is 6.54 Å². The summed E-state index contributed by atoms with van der Waals surface area (Å²) in [5, 5.41) is 7.48. The number of likely N-dealkylation sites (tertiary alicyclic amines) is 1. The second-order valence-electron chi connectivity index (χ2n) is 7.20. The van der Waals surface area contributed by atoms with E-state index in [0.717, 1.165) is 29.4 Å². The van der Waals surface area contributed by atoms with Crippen LogP contribution in [0.25, 0.3) is 10.9 Å². The zero-order chi connectivity index (χ0) is 20.4. The molecule has 4 rings (SSSR count). The normalized spacial score (nSPS) is 16.8. The molecule has 9 heteroatoms. The SMILES string of the molecule is Cc1nc(C(=O)N2CCC[C@@H](NC(=O)NCc3cc4cc(Cl)ccc4[nH]3)C2)co1. The van der Waals surface area contributed by atoms with Gasteiger partial charge in [0.2, 0.25) is 0 Å². The number of benzene rings is 1. The Morgan fingerprint density at radius 2 is 2.24 bits per heavy atom. The molecule has 1 aliphatic rings. The number of nitrogens with one attached hydrogen (secondary N) is 3. The van der Waals surface area contributed by atoms with Crippen LogP contribution in [0.2, 0.25) is 5.02 Å². The number of nitrogens with zero attached hydrogens (tertiary/aromatic N) is 2. The first kappa shape index (κ1) is 19.3. The molecule has 29 heavy (non-hydrogen) atoms. The van der Waals surface area contributed by atoms with Gasteiger partial charge in [-0.15, -0.1) is 0 Å². The Bertz CT molecular complexity index is 1040. The van der Waals surface area contributed by atoms with Gasteiger partial charge >= 0.3 is 6.03 Å². The second-order valence-corrected chi connectivity index (χ2v) is 7.63. The number of hydrogen-bond acceptors (Lipinski definition) is 4. The lowest BCUT2D eigenvalue weighted by Gasteiger charge is -2.32. The van der Waals surface area contributed by atoms with Crippen molar-refractivity contribution in [3.05, 3.63) is 52.8 Å². The zero-order valence-corrected chi connectivity index (χ0v) is 16.8. The van der Waals surface area contributed by atoms with E-state index in [1.165, 1.54) is 6.26 Å². The van der Waals surface area contributed by atoms with E-state index in [2.05, 4.69) is 20.6 Å². The van der Waals surface area contributed by atoms with E-state index in [1.54, 1.807) is 11.8 Å². The highest BCUT2D eigenvalue weighted by molar-refractivity contribution is 6.31. The summed E-state index contributed by atoms with van der Waals surface area (Å²) in [6, 6.07) is 7.19. The number of piperidine rings is 1. The molecule has 3 heterocycles. The number of aromatic nitrogens is 2. The Morgan fingerprint density at radius 3 is 3.03 bits per heavy atom. The van der Waals surface area contributed by atoms with Gasteiger partial charge in [-0.2, -0.15) is 0 Å². The van der Waals surface area contributed by atoms with Crippen molar-refractivity contribution in [3.8, 4) is 0 Å². The number of amides is 3. The lowest BCUT2D eigenvalue weighted by molar-refractivity contribution is 0.0691. The number of carbonyl (C=O) groups is 2. The third-order valence-electron chi connectivity index (χ3n) is 4.96. The molecule has 152 valence electrons. The number of H-pyrrole nitrogens is 1. The van der Waals surface area contributed by atoms with Gasteiger partial charge in [0.15, 0.2) is 11.6 Å². The number of hydrogen-bond donors (Lipinski definition) is 3. The average molecular weight is 416 g/mol. The van der Waals surface area contributed by atoms with Crippen molar-refractivity contribution in [1.29, 1.82) is 0 Å². The third kappa shape index (κ3) is 4.54. The smallest absolute Gasteiger partial charge is 0.315 e. The number of urea groups is 1. The minimum absolute atomic E-state index is 0.109. The Hall–Kier alpha value is -3.00. The molecule has 0 aliphatic carbocycles. The molecule has 1 aromatic carbocycles. The number of aryl methyl sites for hydroxylation is 1. The Balaban J connectivity index is 1.30. The van der Waals surface area contributed by atoms with Gasteiger partial charge in [0, 0.05) is 47.7 Å². The highest BCUT2D eigenvalue weighted by atomic mass is 35.5. The number of oxazole rings is 1. The summed E-state index contributed by atoms with van der Waals surface area (Å²) >= 11 is 6.01. The van der Waals surface area contributed by atoms with Crippen LogP contribution in [0.1, 0.15) is 34.9 Å². The maximum Gasteiger partial charge on any atom is 0.315 e. The molecule has 0 bridgehead atoms. The predicted molar refractivity (Wildman–Crippen MR) is 109 cm³/mol. The number of aromatic amines is 1. The number of fused-ring (bicyclic) bond motifs is 1. The van der Waals surface area contributed by atoms with Crippen molar-refractivity contribution in [1.82, 2.24) is 25.5 Å². The summed E-state index contributed by atoms with van der Waals surface area (Å²) in [7, 11) is 0. The lowest BCUT2D eigenvalue weighted by Crippen LogP contribution is -2.51. The Morgan fingerprint density at radius 1 is 1.38 bits per heavy atom. The summed E-state index contributed by atoms with van der Waals surface area (Å²) in [6.45, 7) is 3.15. The minimum atomic E-state index is -0.265.